The summed E-state index contributed by atoms with van der Waals surface area (Å²) in [5, 5.41) is 1.38. The van der Waals surface area contributed by atoms with Gasteiger partial charge in [-0.1, -0.05) is 45.9 Å². The average Bonchev–Trinajstić information content (AvgIpc) is 2.78. The van der Waals surface area contributed by atoms with Crippen LogP contribution < -0.4 is 0 Å². The Morgan fingerprint density at radius 2 is 1.62 bits per heavy atom. The molecule has 0 bridgehead atoms. The van der Waals surface area contributed by atoms with Gasteiger partial charge in [0.1, 0.15) is 0 Å². The van der Waals surface area contributed by atoms with Gasteiger partial charge in [0.15, 0.2) is 0 Å². The molecule has 1 heterocycles. The summed E-state index contributed by atoms with van der Waals surface area (Å²) in [4.78, 5) is 5.98. The Kier molecular flexibility index (Phi) is 7.27. The third-order valence-corrected chi connectivity index (χ3v) is 3.62. The summed E-state index contributed by atoms with van der Waals surface area (Å²) in [6, 6.07) is 8.58. The first kappa shape index (κ1) is 18.1. The molecule has 0 saturated carbocycles. The van der Waals surface area contributed by atoms with Gasteiger partial charge in [0.2, 0.25) is 0 Å². The second-order valence-electron chi connectivity index (χ2n) is 6.66. The van der Waals surface area contributed by atoms with Gasteiger partial charge < -0.3 is 9.88 Å². The topological polar surface area (TPSA) is 19.0 Å². The second kappa shape index (κ2) is 8.45. The maximum atomic E-state index is 3.37. The molecule has 21 heavy (non-hydrogen) atoms. The quantitative estimate of drug-likeness (QED) is 0.782. The molecule has 3 heteroatoms. The summed E-state index contributed by atoms with van der Waals surface area (Å²) in [7, 11) is 0. The van der Waals surface area contributed by atoms with E-state index in [1.165, 1.54) is 29.6 Å². The number of nitrogens with one attached hydrogen (secondary N) is 1. The zero-order valence-electron chi connectivity index (χ0n) is 13.7. The highest BCUT2D eigenvalue weighted by Gasteiger charge is 2.11. The van der Waals surface area contributed by atoms with Gasteiger partial charge in [-0.3, -0.25) is 0 Å². The molecule has 1 aromatic heterocycles. The normalized spacial score (nSPS) is 11.6. The molecule has 118 valence electrons. The lowest BCUT2D eigenvalue weighted by Gasteiger charge is -2.26. The first-order chi connectivity index (χ1) is 9.56. The molecular weight excluding hydrogens is 280 g/mol. The van der Waals surface area contributed by atoms with E-state index in [-0.39, 0.29) is 12.4 Å². The summed E-state index contributed by atoms with van der Waals surface area (Å²) in [5.41, 5.74) is 2.69. The highest BCUT2D eigenvalue weighted by Crippen LogP contribution is 2.18. The van der Waals surface area contributed by atoms with Crippen LogP contribution in [0.15, 0.2) is 30.5 Å². The number of halogens is 1. The van der Waals surface area contributed by atoms with Crippen molar-refractivity contribution in [2.75, 3.05) is 19.6 Å². The van der Waals surface area contributed by atoms with Gasteiger partial charge in [-0.2, -0.15) is 0 Å². The van der Waals surface area contributed by atoms with Gasteiger partial charge in [0, 0.05) is 36.7 Å². The largest absolute Gasteiger partial charge is 0.361 e. The molecular formula is C18H29ClN2. The Morgan fingerprint density at radius 3 is 2.24 bits per heavy atom. The number of benzene rings is 1. The van der Waals surface area contributed by atoms with E-state index in [2.05, 4.69) is 68.0 Å². The van der Waals surface area contributed by atoms with Gasteiger partial charge in [-0.25, -0.2) is 0 Å². The fraction of sp³-hybridized carbons (Fsp3) is 0.556. The molecule has 0 saturated heterocycles. The van der Waals surface area contributed by atoms with Crippen LogP contribution in [0.2, 0.25) is 0 Å². The summed E-state index contributed by atoms with van der Waals surface area (Å²) in [6.45, 7) is 12.8. The maximum Gasteiger partial charge on any atom is 0.0456 e. The number of aromatic nitrogens is 1. The lowest BCUT2D eigenvalue weighted by Crippen LogP contribution is -2.33. The highest BCUT2D eigenvalue weighted by molar-refractivity contribution is 5.85. The number of para-hydroxylation sites is 1. The Hall–Kier alpha value is -0.990. The van der Waals surface area contributed by atoms with Crippen LogP contribution in [-0.4, -0.2) is 29.5 Å². The number of fused-ring (bicyclic) bond motifs is 1. The number of hydrogen-bond acceptors (Lipinski definition) is 1. The minimum atomic E-state index is 0. The average molecular weight is 309 g/mol. The fourth-order valence-electron chi connectivity index (χ4n) is 2.91. The van der Waals surface area contributed by atoms with Crippen LogP contribution in [0.5, 0.6) is 0 Å². The molecule has 2 nitrogen and oxygen atoms in total. The van der Waals surface area contributed by atoms with Gasteiger partial charge in [-0.05, 0) is 29.9 Å². The Labute approximate surface area is 135 Å². The predicted molar refractivity (Wildman–Crippen MR) is 95.4 cm³/mol. The van der Waals surface area contributed by atoms with Crippen molar-refractivity contribution in [1.29, 1.82) is 0 Å². The van der Waals surface area contributed by atoms with Gasteiger partial charge in [-0.15, -0.1) is 12.4 Å². The van der Waals surface area contributed by atoms with E-state index in [0.717, 1.165) is 24.8 Å². The lowest BCUT2D eigenvalue weighted by atomic mass is 10.1. The van der Waals surface area contributed by atoms with Crippen LogP contribution in [0.4, 0.5) is 0 Å². The molecule has 2 aromatic rings. The molecule has 1 N–H and O–H groups in total. The number of nitrogens with zero attached hydrogens (tertiary/aromatic N) is 1. The monoisotopic (exact) mass is 308 g/mol. The molecule has 0 amide bonds. The van der Waals surface area contributed by atoms with Crippen molar-refractivity contribution in [2.45, 2.75) is 34.1 Å². The van der Waals surface area contributed by atoms with Crippen LogP contribution in [0.1, 0.15) is 33.3 Å². The number of aromatic amines is 1. The van der Waals surface area contributed by atoms with Crippen LogP contribution in [0.3, 0.4) is 0 Å². The molecule has 0 aliphatic rings. The van der Waals surface area contributed by atoms with Crippen LogP contribution in [-0.2, 0) is 6.42 Å². The van der Waals surface area contributed by atoms with Crippen LogP contribution in [0.25, 0.3) is 10.9 Å². The molecule has 1 aromatic carbocycles. The number of rotatable bonds is 7. The predicted octanol–water partition coefficient (Wildman–Crippen LogP) is 4.75. The van der Waals surface area contributed by atoms with Gasteiger partial charge in [0.25, 0.3) is 0 Å². The van der Waals surface area contributed by atoms with E-state index in [1.807, 2.05) is 0 Å². The van der Waals surface area contributed by atoms with E-state index in [0.29, 0.717) is 0 Å². The third kappa shape index (κ3) is 5.37. The van der Waals surface area contributed by atoms with Gasteiger partial charge in [0.05, 0.1) is 0 Å². The highest BCUT2D eigenvalue weighted by atomic mass is 35.5. The second-order valence-corrected chi connectivity index (χ2v) is 6.66. The fourth-order valence-corrected chi connectivity index (χ4v) is 2.91. The molecule has 0 atom stereocenters. The van der Waals surface area contributed by atoms with Crippen molar-refractivity contribution in [3.8, 4) is 0 Å². The molecule has 0 aliphatic carbocycles. The Bertz CT molecular complexity index is 521. The standard InChI is InChI=1S/C18H28N2.ClH/c1-14(2)12-20(13-15(3)4)10-9-16-11-19-18-8-6-5-7-17(16)18;/h5-8,11,14-15,19H,9-10,12-13H2,1-4H3;1H. The molecule has 0 unspecified atom stereocenters. The third-order valence-electron chi connectivity index (χ3n) is 3.62. The SMILES string of the molecule is CC(C)CN(CCc1c[nH]c2ccccc12)CC(C)C.Cl. The van der Waals surface area contributed by atoms with Crippen molar-refractivity contribution in [1.82, 2.24) is 9.88 Å². The summed E-state index contributed by atoms with van der Waals surface area (Å²) in [6.07, 6.45) is 3.30. The summed E-state index contributed by atoms with van der Waals surface area (Å²) < 4.78 is 0. The Balaban J connectivity index is 0.00000220. The van der Waals surface area contributed by atoms with Crippen molar-refractivity contribution in [2.24, 2.45) is 11.8 Å². The number of H-pyrrole nitrogens is 1. The lowest BCUT2D eigenvalue weighted by molar-refractivity contribution is 0.222. The molecule has 2 rings (SSSR count). The van der Waals surface area contributed by atoms with E-state index >= 15 is 0 Å². The summed E-state index contributed by atoms with van der Waals surface area (Å²) in [5.74, 6) is 1.47. The molecule has 0 spiro atoms. The van der Waals surface area contributed by atoms with Crippen LogP contribution in [0, 0.1) is 11.8 Å². The first-order valence-corrected chi connectivity index (χ1v) is 7.83. The first-order valence-electron chi connectivity index (χ1n) is 7.83. The zero-order chi connectivity index (χ0) is 14.5. The minimum Gasteiger partial charge on any atom is -0.361 e. The van der Waals surface area contributed by atoms with Crippen molar-refractivity contribution in [3.05, 3.63) is 36.0 Å². The van der Waals surface area contributed by atoms with Crippen molar-refractivity contribution < 1.29 is 0 Å². The molecule has 0 fully saturated rings. The summed E-state index contributed by atoms with van der Waals surface area (Å²) >= 11 is 0. The smallest absolute Gasteiger partial charge is 0.0456 e. The molecule has 0 aliphatic heterocycles. The van der Waals surface area contributed by atoms with E-state index in [4.69, 9.17) is 0 Å². The zero-order valence-corrected chi connectivity index (χ0v) is 14.5. The maximum absolute atomic E-state index is 3.37. The van der Waals surface area contributed by atoms with Crippen molar-refractivity contribution >= 4 is 23.3 Å². The number of hydrogen-bond donors (Lipinski definition) is 1. The van der Waals surface area contributed by atoms with E-state index in [1.54, 1.807) is 0 Å². The Morgan fingerprint density at radius 1 is 1.00 bits per heavy atom. The van der Waals surface area contributed by atoms with E-state index in [9.17, 15) is 0 Å². The van der Waals surface area contributed by atoms with Gasteiger partial charge >= 0.3 is 0 Å². The molecule has 0 radical (unpaired) electrons. The minimum absolute atomic E-state index is 0. The van der Waals surface area contributed by atoms with Crippen LogP contribution >= 0.6 is 12.4 Å². The van der Waals surface area contributed by atoms with Crippen molar-refractivity contribution in [3.63, 3.8) is 0 Å². The van der Waals surface area contributed by atoms with E-state index < -0.39 is 0 Å².